The molecule has 0 atom stereocenters. The van der Waals surface area contributed by atoms with E-state index in [1.165, 1.54) is 16.7 Å². The van der Waals surface area contributed by atoms with E-state index >= 15 is 0 Å². The number of benzene rings is 2. The van der Waals surface area contributed by atoms with Crippen molar-refractivity contribution in [2.24, 2.45) is 0 Å². The Hall–Kier alpha value is -1.28. The average molecular weight is 291 g/mol. The molecule has 0 aliphatic heterocycles. The highest BCUT2D eigenvalue weighted by atomic mass is 79.9. The topological polar surface area (TPSA) is 9.23 Å². The van der Waals surface area contributed by atoms with E-state index in [2.05, 4.69) is 60.1 Å². The molecule has 0 heterocycles. The van der Waals surface area contributed by atoms with Gasteiger partial charge >= 0.3 is 0 Å². The third kappa shape index (κ3) is 3.60. The fourth-order valence-electron chi connectivity index (χ4n) is 1.64. The average Bonchev–Trinajstić information content (AvgIpc) is 2.27. The Labute approximate surface area is 111 Å². The van der Waals surface area contributed by atoms with Crippen LogP contribution in [0.2, 0.25) is 0 Å². The highest BCUT2D eigenvalue weighted by molar-refractivity contribution is 9.10. The Balaban J connectivity index is 2.04. The summed E-state index contributed by atoms with van der Waals surface area (Å²) in [5.41, 5.74) is 3.65. The molecule has 0 fully saturated rings. The molecule has 0 aliphatic carbocycles. The molecule has 0 radical (unpaired) electrons. The van der Waals surface area contributed by atoms with Crippen LogP contribution in [0.3, 0.4) is 0 Å². The van der Waals surface area contributed by atoms with E-state index in [1.807, 2.05) is 12.1 Å². The van der Waals surface area contributed by atoms with Crippen LogP contribution in [0.1, 0.15) is 16.7 Å². The Kier molecular flexibility index (Phi) is 3.85. The van der Waals surface area contributed by atoms with Crippen molar-refractivity contribution in [2.45, 2.75) is 20.5 Å². The van der Waals surface area contributed by atoms with Crippen LogP contribution in [-0.4, -0.2) is 0 Å². The van der Waals surface area contributed by atoms with E-state index in [0.717, 1.165) is 10.2 Å². The van der Waals surface area contributed by atoms with Crippen LogP contribution >= 0.6 is 15.9 Å². The van der Waals surface area contributed by atoms with Crippen molar-refractivity contribution in [1.82, 2.24) is 0 Å². The summed E-state index contributed by atoms with van der Waals surface area (Å²) >= 11 is 3.47. The molecule has 0 aromatic heterocycles. The summed E-state index contributed by atoms with van der Waals surface area (Å²) in [6.07, 6.45) is 0. The predicted octanol–water partition coefficient (Wildman–Crippen LogP) is 4.64. The van der Waals surface area contributed by atoms with Crippen molar-refractivity contribution in [3.05, 3.63) is 63.6 Å². The minimum atomic E-state index is 0.607. The molecule has 88 valence electrons. The number of halogens is 1. The first-order valence-corrected chi connectivity index (χ1v) is 6.38. The van der Waals surface area contributed by atoms with Crippen molar-refractivity contribution in [1.29, 1.82) is 0 Å². The van der Waals surface area contributed by atoms with Crippen LogP contribution in [0.5, 0.6) is 5.75 Å². The monoisotopic (exact) mass is 290 g/mol. The molecule has 0 aliphatic rings. The summed E-state index contributed by atoms with van der Waals surface area (Å²) in [6.45, 7) is 4.75. The Morgan fingerprint density at radius 1 is 0.941 bits per heavy atom. The van der Waals surface area contributed by atoms with Gasteiger partial charge in [0.25, 0.3) is 0 Å². The van der Waals surface area contributed by atoms with Crippen LogP contribution in [0.15, 0.2) is 46.9 Å². The predicted molar refractivity (Wildman–Crippen MR) is 74.4 cm³/mol. The molecule has 2 rings (SSSR count). The van der Waals surface area contributed by atoms with Crippen LogP contribution in [-0.2, 0) is 6.61 Å². The number of hydrogen-bond acceptors (Lipinski definition) is 1. The largest absolute Gasteiger partial charge is 0.489 e. The maximum absolute atomic E-state index is 5.76. The quantitative estimate of drug-likeness (QED) is 0.800. The molecule has 0 amide bonds. The van der Waals surface area contributed by atoms with Gasteiger partial charge in [-0.1, -0.05) is 45.8 Å². The molecule has 17 heavy (non-hydrogen) atoms. The summed E-state index contributed by atoms with van der Waals surface area (Å²) in [5, 5.41) is 0. The van der Waals surface area contributed by atoms with E-state index in [4.69, 9.17) is 4.74 Å². The first kappa shape index (κ1) is 12.2. The number of rotatable bonds is 3. The third-order valence-corrected chi connectivity index (χ3v) is 3.00. The summed E-state index contributed by atoms with van der Waals surface area (Å²) in [6, 6.07) is 14.5. The fourth-order valence-corrected chi connectivity index (χ4v) is 2.22. The van der Waals surface area contributed by atoms with Gasteiger partial charge in [-0.3, -0.25) is 0 Å². The second kappa shape index (κ2) is 5.37. The minimum Gasteiger partial charge on any atom is -0.489 e. The lowest BCUT2D eigenvalue weighted by atomic mass is 10.2. The molecule has 0 unspecified atom stereocenters. The summed E-state index contributed by atoms with van der Waals surface area (Å²) in [7, 11) is 0. The van der Waals surface area contributed by atoms with Gasteiger partial charge in [-0.2, -0.15) is 0 Å². The number of hydrogen-bond donors (Lipinski definition) is 0. The van der Waals surface area contributed by atoms with E-state index in [0.29, 0.717) is 6.61 Å². The van der Waals surface area contributed by atoms with Crippen molar-refractivity contribution in [3.63, 3.8) is 0 Å². The van der Waals surface area contributed by atoms with Crippen LogP contribution in [0.25, 0.3) is 0 Å². The van der Waals surface area contributed by atoms with Gasteiger partial charge in [-0.25, -0.2) is 0 Å². The normalized spacial score (nSPS) is 10.3. The Bertz CT molecular complexity index is 483. The van der Waals surface area contributed by atoms with Gasteiger partial charge in [0, 0.05) is 4.47 Å². The molecule has 0 spiro atoms. The molecule has 2 aromatic rings. The smallest absolute Gasteiger partial charge is 0.121 e. The number of aryl methyl sites for hydroxylation is 2. The molecule has 0 N–H and O–H groups in total. The third-order valence-electron chi connectivity index (χ3n) is 2.54. The van der Waals surface area contributed by atoms with Gasteiger partial charge in [0.15, 0.2) is 0 Å². The lowest BCUT2D eigenvalue weighted by Crippen LogP contribution is -1.95. The molecular weight excluding hydrogens is 276 g/mol. The van der Waals surface area contributed by atoms with Gasteiger partial charge < -0.3 is 4.74 Å². The Morgan fingerprint density at radius 3 is 2.29 bits per heavy atom. The molecule has 0 bridgehead atoms. The van der Waals surface area contributed by atoms with Crippen molar-refractivity contribution < 1.29 is 4.74 Å². The SMILES string of the molecule is Cc1ccc(COc2cc(C)cc(Br)c2)cc1. The zero-order chi connectivity index (χ0) is 12.3. The van der Waals surface area contributed by atoms with Crippen molar-refractivity contribution >= 4 is 15.9 Å². The number of ether oxygens (including phenoxy) is 1. The van der Waals surface area contributed by atoms with Crippen molar-refractivity contribution in [2.75, 3.05) is 0 Å². The lowest BCUT2D eigenvalue weighted by Gasteiger charge is -2.08. The van der Waals surface area contributed by atoms with Crippen LogP contribution < -0.4 is 4.74 Å². The maximum Gasteiger partial charge on any atom is 0.121 e. The summed E-state index contributed by atoms with van der Waals surface area (Å²) in [4.78, 5) is 0. The van der Waals surface area contributed by atoms with E-state index < -0.39 is 0 Å². The fraction of sp³-hybridized carbons (Fsp3) is 0.200. The van der Waals surface area contributed by atoms with Crippen molar-refractivity contribution in [3.8, 4) is 5.75 Å². The molecule has 1 nitrogen and oxygen atoms in total. The van der Waals surface area contributed by atoms with Gasteiger partial charge in [-0.05, 0) is 43.2 Å². The van der Waals surface area contributed by atoms with E-state index in [1.54, 1.807) is 0 Å². The molecule has 0 saturated carbocycles. The molecule has 2 aromatic carbocycles. The second-order valence-electron chi connectivity index (χ2n) is 4.24. The first-order chi connectivity index (χ1) is 8.13. The highest BCUT2D eigenvalue weighted by Gasteiger charge is 1.99. The van der Waals surface area contributed by atoms with E-state index in [9.17, 15) is 0 Å². The van der Waals surface area contributed by atoms with Gasteiger partial charge in [-0.15, -0.1) is 0 Å². The van der Waals surface area contributed by atoms with Gasteiger partial charge in [0.2, 0.25) is 0 Å². The zero-order valence-electron chi connectivity index (χ0n) is 10.0. The van der Waals surface area contributed by atoms with Gasteiger partial charge in [0.05, 0.1) is 0 Å². The van der Waals surface area contributed by atoms with E-state index in [-0.39, 0.29) is 0 Å². The molecule has 0 saturated heterocycles. The molecule has 2 heteroatoms. The first-order valence-electron chi connectivity index (χ1n) is 5.59. The summed E-state index contributed by atoms with van der Waals surface area (Å²) in [5.74, 6) is 0.900. The van der Waals surface area contributed by atoms with Crippen LogP contribution in [0.4, 0.5) is 0 Å². The van der Waals surface area contributed by atoms with Crippen LogP contribution in [0, 0.1) is 13.8 Å². The second-order valence-corrected chi connectivity index (χ2v) is 5.15. The standard InChI is InChI=1S/C15H15BrO/c1-11-3-5-13(6-4-11)10-17-15-8-12(2)7-14(16)9-15/h3-9H,10H2,1-2H3. The summed E-state index contributed by atoms with van der Waals surface area (Å²) < 4.78 is 6.82. The minimum absolute atomic E-state index is 0.607. The van der Waals surface area contributed by atoms with Gasteiger partial charge in [0.1, 0.15) is 12.4 Å². The zero-order valence-corrected chi connectivity index (χ0v) is 11.6. The highest BCUT2D eigenvalue weighted by Crippen LogP contribution is 2.21. The lowest BCUT2D eigenvalue weighted by molar-refractivity contribution is 0.306. The Morgan fingerprint density at radius 2 is 1.65 bits per heavy atom. The maximum atomic E-state index is 5.76. The molecular formula is C15H15BrO.